The lowest BCUT2D eigenvalue weighted by Gasteiger charge is -2.45. The van der Waals surface area contributed by atoms with Gasteiger partial charge < -0.3 is 0 Å². The van der Waals surface area contributed by atoms with Crippen molar-refractivity contribution in [2.24, 2.45) is 29.1 Å². The summed E-state index contributed by atoms with van der Waals surface area (Å²) in [6.07, 6.45) is 23.9. The third-order valence-corrected chi connectivity index (χ3v) is 7.34. The lowest BCUT2D eigenvalue weighted by molar-refractivity contribution is 0.0560. The van der Waals surface area contributed by atoms with Gasteiger partial charge in [0.15, 0.2) is 0 Å². The van der Waals surface area contributed by atoms with Gasteiger partial charge in [-0.1, -0.05) is 112 Å². The summed E-state index contributed by atoms with van der Waals surface area (Å²) in [5, 5.41) is 0. The highest BCUT2D eigenvalue weighted by Gasteiger charge is 2.38. The van der Waals surface area contributed by atoms with Crippen molar-refractivity contribution in [1.82, 2.24) is 0 Å². The van der Waals surface area contributed by atoms with Crippen molar-refractivity contribution in [1.29, 1.82) is 0 Å². The summed E-state index contributed by atoms with van der Waals surface area (Å²) in [6, 6.07) is 0. The lowest BCUT2D eigenvalue weighted by Crippen LogP contribution is -2.34. The van der Waals surface area contributed by atoms with Crippen LogP contribution in [0, 0.1) is 29.1 Å². The summed E-state index contributed by atoms with van der Waals surface area (Å²) in [7, 11) is 0. The van der Waals surface area contributed by atoms with Gasteiger partial charge >= 0.3 is 0 Å². The van der Waals surface area contributed by atoms with Crippen LogP contribution in [0.15, 0.2) is 0 Å². The van der Waals surface area contributed by atoms with Gasteiger partial charge in [-0.3, -0.25) is 0 Å². The van der Waals surface area contributed by atoms with E-state index < -0.39 is 0 Å². The Morgan fingerprint density at radius 3 is 1.59 bits per heavy atom. The molecule has 0 N–H and O–H groups in total. The van der Waals surface area contributed by atoms with E-state index in [0.29, 0.717) is 5.41 Å². The first-order valence-corrected chi connectivity index (χ1v) is 12.9. The first kappa shape index (κ1) is 25.0. The maximum atomic E-state index is 2.39. The van der Waals surface area contributed by atoms with E-state index in [-0.39, 0.29) is 0 Å². The Balaban J connectivity index is 2.61. The topological polar surface area (TPSA) is 0 Å². The van der Waals surface area contributed by atoms with Crippen molar-refractivity contribution < 1.29 is 0 Å². The number of rotatable bonds is 15. The quantitative estimate of drug-likeness (QED) is 0.249. The summed E-state index contributed by atoms with van der Waals surface area (Å²) in [5.41, 5.74) is 0.712. The Labute approximate surface area is 173 Å². The monoisotopic (exact) mass is 378 g/mol. The number of hydrogen-bond acceptors (Lipinski definition) is 0. The van der Waals surface area contributed by atoms with Gasteiger partial charge in [0, 0.05) is 0 Å². The molecule has 0 aromatic rings. The standard InChI is InChI=1S/C27H54/c1-23(2)15-7-8-18-26-19-11-14-22-27(26,20-12-9-16-24(3)4)21-13-10-17-25(5)6/h23-26H,7-22H2,1-6H3. The molecule has 0 radical (unpaired) electrons. The molecule has 0 heterocycles. The van der Waals surface area contributed by atoms with Gasteiger partial charge in [-0.2, -0.15) is 0 Å². The molecule has 0 spiro atoms. The van der Waals surface area contributed by atoms with Gasteiger partial charge in [0.2, 0.25) is 0 Å². The average Bonchev–Trinajstić information content (AvgIpc) is 2.60. The summed E-state index contributed by atoms with van der Waals surface area (Å²) < 4.78 is 0. The van der Waals surface area contributed by atoms with Crippen LogP contribution in [0.3, 0.4) is 0 Å². The van der Waals surface area contributed by atoms with E-state index in [1.807, 2.05) is 0 Å². The first-order chi connectivity index (χ1) is 12.9. The predicted octanol–water partition coefficient (Wildman–Crippen LogP) is 9.81. The van der Waals surface area contributed by atoms with Crippen LogP contribution in [-0.4, -0.2) is 0 Å². The van der Waals surface area contributed by atoms with E-state index in [1.165, 1.54) is 96.3 Å². The molecule has 1 fully saturated rings. The smallest absolute Gasteiger partial charge is 0.0269 e. The molecule has 27 heavy (non-hydrogen) atoms. The molecule has 1 saturated carbocycles. The molecule has 1 unspecified atom stereocenters. The van der Waals surface area contributed by atoms with E-state index in [9.17, 15) is 0 Å². The van der Waals surface area contributed by atoms with Crippen LogP contribution >= 0.6 is 0 Å². The van der Waals surface area contributed by atoms with Crippen LogP contribution in [0.1, 0.15) is 144 Å². The third-order valence-electron chi connectivity index (χ3n) is 7.34. The molecule has 0 amide bonds. The lowest BCUT2D eigenvalue weighted by atomic mass is 9.60. The van der Waals surface area contributed by atoms with E-state index in [4.69, 9.17) is 0 Å². The van der Waals surface area contributed by atoms with Crippen LogP contribution in [0.2, 0.25) is 0 Å². The van der Waals surface area contributed by atoms with Crippen molar-refractivity contribution in [3.05, 3.63) is 0 Å². The van der Waals surface area contributed by atoms with Crippen molar-refractivity contribution in [2.75, 3.05) is 0 Å². The van der Waals surface area contributed by atoms with E-state index in [0.717, 1.165) is 23.7 Å². The molecule has 0 aromatic heterocycles. The molecule has 0 saturated heterocycles. The van der Waals surface area contributed by atoms with Gasteiger partial charge in [0.05, 0.1) is 0 Å². The van der Waals surface area contributed by atoms with Crippen LogP contribution in [0.25, 0.3) is 0 Å². The maximum absolute atomic E-state index is 2.39. The van der Waals surface area contributed by atoms with Crippen molar-refractivity contribution >= 4 is 0 Å². The number of hydrogen-bond donors (Lipinski definition) is 0. The Morgan fingerprint density at radius 1 is 0.630 bits per heavy atom. The Morgan fingerprint density at radius 2 is 1.11 bits per heavy atom. The van der Waals surface area contributed by atoms with Gasteiger partial charge in [-0.15, -0.1) is 0 Å². The molecule has 0 aromatic carbocycles. The van der Waals surface area contributed by atoms with E-state index in [2.05, 4.69) is 41.5 Å². The zero-order valence-corrected chi connectivity index (χ0v) is 20.1. The van der Waals surface area contributed by atoms with Crippen LogP contribution < -0.4 is 0 Å². The molecule has 1 aliphatic carbocycles. The molecular weight excluding hydrogens is 324 g/mol. The van der Waals surface area contributed by atoms with Crippen molar-refractivity contribution in [3.63, 3.8) is 0 Å². The predicted molar refractivity (Wildman–Crippen MR) is 124 cm³/mol. The minimum atomic E-state index is 0.712. The summed E-state index contributed by atoms with van der Waals surface area (Å²) in [6.45, 7) is 14.3. The molecule has 162 valence electrons. The molecule has 1 atom stereocenters. The van der Waals surface area contributed by atoms with E-state index in [1.54, 1.807) is 6.42 Å². The fourth-order valence-corrected chi connectivity index (χ4v) is 5.61. The molecule has 0 aliphatic heterocycles. The molecule has 0 heteroatoms. The highest BCUT2D eigenvalue weighted by atomic mass is 14.4. The van der Waals surface area contributed by atoms with Gasteiger partial charge in [-0.25, -0.2) is 0 Å². The molecule has 0 bridgehead atoms. The van der Waals surface area contributed by atoms with Gasteiger partial charge in [0.25, 0.3) is 0 Å². The van der Waals surface area contributed by atoms with Gasteiger partial charge in [-0.05, 0) is 61.2 Å². The second-order valence-corrected chi connectivity index (χ2v) is 11.3. The minimum absolute atomic E-state index is 0.712. The Bertz CT molecular complexity index is 322. The third kappa shape index (κ3) is 10.9. The molecule has 1 rings (SSSR count). The second kappa shape index (κ2) is 14.1. The summed E-state index contributed by atoms with van der Waals surface area (Å²) in [5.74, 6) is 3.68. The SMILES string of the molecule is CC(C)CCCCC1CCCCC1(CCCCC(C)C)CCCCC(C)C. The van der Waals surface area contributed by atoms with Gasteiger partial charge in [0.1, 0.15) is 0 Å². The fourth-order valence-electron chi connectivity index (χ4n) is 5.61. The minimum Gasteiger partial charge on any atom is -0.0628 e. The molecule has 0 nitrogen and oxygen atoms in total. The van der Waals surface area contributed by atoms with Crippen LogP contribution in [0.4, 0.5) is 0 Å². The molecular formula is C27H54. The zero-order chi connectivity index (χ0) is 20.1. The summed E-state index contributed by atoms with van der Waals surface area (Å²) >= 11 is 0. The van der Waals surface area contributed by atoms with Crippen LogP contribution in [-0.2, 0) is 0 Å². The highest BCUT2D eigenvalue weighted by Crippen LogP contribution is 2.51. The second-order valence-electron chi connectivity index (χ2n) is 11.3. The van der Waals surface area contributed by atoms with Crippen LogP contribution in [0.5, 0.6) is 0 Å². The normalized spacial score (nSPS) is 20.1. The number of unbranched alkanes of at least 4 members (excludes halogenated alkanes) is 3. The highest BCUT2D eigenvalue weighted by molar-refractivity contribution is 4.90. The Hall–Kier alpha value is 0. The van der Waals surface area contributed by atoms with Crippen molar-refractivity contribution in [2.45, 2.75) is 144 Å². The fraction of sp³-hybridized carbons (Fsp3) is 1.00. The zero-order valence-electron chi connectivity index (χ0n) is 20.1. The maximum Gasteiger partial charge on any atom is -0.0269 e. The Kier molecular flexibility index (Phi) is 13.0. The summed E-state index contributed by atoms with van der Waals surface area (Å²) in [4.78, 5) is 0. The largest absolute Gasteiger partial charge is 0.0628 e. The molecule has 1 aliphatic rings. The first-order valence-electron chi connectivity index (χ1n) is 12.9. The average molecular weight is 379 g/mol. The van der Waals surface area contributed by atoms with Crippen molar-refractivity contribution in [3.8, 4) is 0 Å². The van der Waals surface area contributed by atoms with E-state index >= 15 is 0 Å².